The van der Waals surface area contributed by atoms with E-state index in [0.717, 1.165) is 4.31 Å². The molecule has 1 aromatic rings. The summed E-state index contributed by atoms with van der Waals surface area (Å²) in [4.78, 5) is 12.0. The second-order valence-corrected chi connectivity index (χ2v) is 5.84. The van der Waals surface area contributed by atoms with Crippen LogP contribution < -0.4 is 9.04 Å². The topological polar surface area (TPSA) is 76.1 Å². The fourth-order valence-corrected chi connectivity index (χ4v) is 2.82. The van der Waals surface area contributed by atoms with Gasteiger partial charge in [-0.2, -0.15) is 0 Å². The van der Waals surface area contributed by atoms with Gasteiger partial charge in [0.2, 0.25) is 0 Å². The zero-order valence-electron chi connectivity index (χ0n) is 13.4. The van der Waals surface area contributed by atoms with Crippen LogP contribution in [-0.4, -0.2) is 34.5 Å². The smallest absolute Gasteiger partial charge is 0.329 e. The molecule has 2 unspecified atom stereocenters. The van der Waals surface area contributed by atoms with Crippen molar-refractivity contribution in [2.45, 2.75) is 19.9 Å². The molecule has 0 saturated heterocycles. The van der Waals surface area contributed by atoms with E-state index in [2.05, 4.69) is 12.3 Å². The average Bonchev–Trinajstić information content (AvgIpc) is 2.52. The molecule has 0 aromatic heterocycles. The van der Waals surface area contributed by atoms with E-state index in [1.807, 2.05) is 0 Å². The highest BCUT2D eigenvalue weighted by Gasteiger charge is 2.33. The van der Waals surface area contributed by atoms with Crippen molar-refractivity contribution in [3.63, 3.8) is 0 Å². The van der Waals surface area contributed by atoms with Crippen LogP contribution in [0, 0.1) is 5.92 Å². The first-order valence-corrected chi connectivity index (χ1v) is 8.04. The maximum absolute atomic E-state index is 12.0. The second-order valence-electron chi connectivity index (χ2n) is 4.98. The molecule has 1 aromatic carbocycles. The Kier molecular flexibility index (Phi) is 7.54. The fraction of sp³-hybridized carbons (Fsp3) is 0.375. The van der Waals surface area contributed by atoms with Gasteiger partial charge in [-0.05, 0) is 36.3 Å². The Morgan fingerprint density at radius 2 is 2.04 bits per heavy atom. The SMILES string of the molecule is C=C=CCOc1ccc(N(C(C(=O)OC)C(C)C)S(=O)O)cc1. The summed E-state index contributed by atoms with van der Waals surface area (Å²) in [6, 6.07) is 5.65. The molecule has 0 radical (unpaired) electrons. The maximum atomic E-state index is 12.0. The Morgan fingerprint density at radius 1 is 1.43 bits per heavy atom. The van der Waals surface area contributed by atoms with Crippen molar-refractivity contribution >= 4 is 22.9 Å². The number of benzene rings is 1. The third-order valence-corrected chi connectivity index (χ3v) is 3.84. The highest BCUT2D eigenvalue weighted by molar-refractivity contribution is 7.80. The van der Waals surface area contributed by atoms with E-state index in [1.54, 1.807) is 44.2 Å². The molecule has 0 fully saturated rings. The lowest BCUT2D eigenvalue weighted by atomic mass is 10.0. The zero-order valence-corrected chi connectivity index (χ0v) is 14.2. The second kappa shape index (κ2) is 9.15. The zero-order chi connectivity index (χ0) is 17.4. The highest BCUT2D eigenvalue weighted by atomic mass is 32.2. The first kappa shape index (κ1) is 19.0. The van der Waals surface area contributed by atoms with Crippen LogP contribution in [0.4, 0.5) is 5.69 Å². The molecule has 2 atom stereocenters. The third-order valence-electron chi connectivity index (χ3n) is 3.06. The Bertz CT molecular complexity index is 593. The lowest BCUT2D eigenvalue weighted by Gasteiger charge is -2.30. The lowest BCUT2D eigenvalue weighted by Crippen LogP contribution is -2.46. The van der Waals surface area contributed by atoms with E-state index in [9.17, 15) is 13.6 Å². The molecule has 1 rings (SSSR count). The van der Waals surface area contributed by atoms with Crippen LogP contribution in [0.3, 0.4) is 0 Å². The van der Waals surface area contributed by atoms with Gasteiger partial charge >= 0.3 is 5.97 Å². The van der Waals surface area contributed by atoms with Crippen molar-refractivity contribution in [3.05, 3.63) is 42.7 Å². The van der Waals surface area contributed by atoms with Gasteiger partial charge in [-0.3, -0.25) is 8.86 Å². The first-order chi connectivity index (χ1) is 10.9. The standard InChI is InChI=1S/C16H21NO5S/c1-5-6-11-22-14-9-7-13(8-10-14)17(23(19)20)15(12(2)3)16(18)21-4/h6-10,12,15H,1,11H2,2-4H3,(H,19,20). The van der Waals surface area contributed by atoms with Gasteiger partial charge in [0.1, 0.15) is 18.4 Å². The molecule has 0 saturated carbocycles. The monoisotopic (exact) mass is 339 g/mol. The summed E-state index contributed by atoms with van der Waals surface area (Å²) in [7, 11) is 1.25. The Labute approximate surface area is 138 Å². The highest BCUT2D eigenvalue weighted by Crippen LogP contribution is 2.26. The summed E-state index contributed by atoms with van der Waals surface area (Å²) in [5.41, 5.74) is 3.01. The van der Waals surface area contributed by atoms with Gasteiger partial charge in [0, 0.05) is 0 Å². The van der Waals surface area contributed by atoms with Crippen LogP contribution in [0.2, 0.25) is 0 Å². The number of carbonyl (C=O) groups is 1. The largest absolute Gasteiger partial charge is 0.489 e. The minimum Gasteiger partial charge on any atom is -0.489 e. The van der Waals surface area contributed by atoms with E-state index >= 15 is 0 Å². The first-order valence-electron chi connectivity index (χ1n) is 6.97. The van der Waals surface area contributed by atoms with Gasteiger partial charge in [-0.15, -0.1) is 5.73 Å². The predicted octanol–water partition coefficient (Wildman–Crippen LogP) is 2.55. The predicted molar refractivity (Wildman–Crippen MR) is 89.5 cm³/mol. The van der Waals surface area contributed by atoms with Crippen molar-refractivity contribution in [2.75, 3.05) is 18.0 Å². The number of hydrogen-bond acceptors (Lipinski definition) is 4. The summed E-state index contributed by atoms with van der Waals surface area (Å²) in [6.07, 6.45) is 1.63. The molecular weight excluding hydrogens is 318 g/mol. The Balaban J connectivity index is 3.07. The summed E-state index contributed by atoms with van der Waals surface area (Å²) >= 11 is -2.37. The lowest BCUT2D eigenvalue weighted by molar-refractivity contribution is -0.142. The molecule has 0 bridgehead atoms. The molecule has 6 nitrogen and oxygen atoms in total. The number of rotatable bonds is 8. The normalized spacial score (nSPS) is 12.9. The molecule has 0 aliphatic heterocycles. The van der Waals surface area contributed by atoms with Gasteiger partial charge in [-0.1, -0.05) is 20.4 Å². The number of ether oxygens (including phenoxy) is 2. The number of nitrogens with zero attached hydrogens (tertiary/aromatic N) is 1. The summed E-state index contributed by atoms with van der Waals surface area (Å²) in [5, 5.41) is 0. The molecule has 0 aliphatic carbocycles. The van der Waals surface area contributed by atoms with Gasteiger partial charge < -0.3 is 9.47 Å². The van der Waals surface area contributed by atoms with Crippen LogP contribution in [0.15, 0.2) is 42.7 Å². The van der Waals surface area contributed by atoms with Gasteiger partial charge in [0.25, 0.3) is 11.3 Å². The van der Waals surface area contributed by atoms with Crippen molar-refractivity contribution in [2.24, 2.45) is 5.92 Å². The molecular formula is C16H21NO5S. The minimum atomic E-state index is -2.37. The quantitative estimate of drug-likeness (QED) is 0.447. The van der Waals surface area contributed by atoms with Crippen LogP contribution >= 0.6 is 0 Å². The number of esters is 1. The summed E-state index contributed by atoms with van der Waals surface area (Å²) in [5.74, 6) is -0.200. The summed E-state index contributed by atoms with van der Waals surface area (Å²) < 4.78 is 32.6. The van der Waals surface area contributed by atoms with E-state index in [-0.39, 0.29) is 5.92 Å². The van der Waals surface area contributed by atoms with Crippen molar-refractivity contribution < 1.29 is 23.0 Å². The van der Waals surface area contributed by atoms with E-state index in [1.165, 1.54) is 7.11 Å². The molecule has 1 N–H and O–H groups in total. The molecule has 7 heteroatoms. The van der Waals surface area contributed by atoms with Crippen molar-refractivity contribution in [3.8, 4) is 5.75 Å². The van der Waals surface area contributed by atoms with E-state index < -0.39 is 23.3 Å². The maximum Gasteiger partial charge on any atom is 0.329 e. The minimum absolute atomic E-state index is 0.216. The van der Waals surface area contributed by atoms with Crippen LogP contribution in [0.25, 0.3) is 0 Å². The number of carbonyl (C=O) groups excluding carboxylic acids is 1. The average molecular weight is 339 g/mol. The van der Waals surface area contributed by atoms with Gasteiger partial charge in [0.15, 0.2) is 0 Å². The van der Waals surface area contributed by atoms with E-state index in [0.29, 0.717) is 18.0 Å². The summed E-state index contributed by atoms with van der Waals surface area (Å²) in [6.45, 7) is 7.32. The van der Waals surface area contributed by atoms with Crippen LogP contribution in [-0.2, 0) is 20.8 Å². The van der Waals surface area contributed by atoms with Gasteiger partial charge in [0.05, 0.1) is 12.8 Å². The van der Waals surface area contributed by atoms with Gasteiger partial charge in [-0.25, -0.2) is 9.00 Å². The van der Waals surface area contributed by atoms with Crippen LogP contribution in [0.1, 0.15) is 13.8 Å². The number of anilines is 1. The molecule has 126 valence electrons. The van der Waals surface area contributed by atoms with Crippen molar-refractivity contribution in [1.29, 1.82) is 0 Å². The fourth-order valence-electron chi connectivity index (χ4n) is 1.99. The molecule has 23 heavy (non-hydrogen) atoms. The molecule has 0 heterocycles. The van der Waals surface area contributed by atoms with Crippen LogP contribution in [0.5, 0.6) is 5.75 Å². The van der Waals surface area contributed by atoms with Crippen molar-refractivity contribution in [1.82, 2.24) is 0 Å². The Morgan fingerprint density at radius 3 is 2.48 bits per heavy atom. The third kappa shape index (κ3) is 5.25. The number of hydrogen-bond donors (Lipinski definition) is 1. The molecule has 0 spiro atoms. The number of methoxy groups -OCH3 is 1. The molecule has 0 aliphatic rings. The molecule has 0 amide bonds. The Hall–Kier alpha value is -2.08. The van der Waals surface area contributed by atoms with E-state index in [4.69, 9.17) is 9.47 Å².